The van der Waals surface area contributed by atoms with Gasteiger partial charge in [-0.25, -0.2) is 0 Å². The summed E-state index contributed by atoms with van der Waals surface area (Å²) >= 11 is 0. The van der Waals surface area contributed by atoms with Crippen LogP contribution in [0.1, 0.15) is 63.4 Å². The SMILES string of the molecule is BC1(c2ccccc2)CCC2(CCCCC2)CC1. The summed E-state index contributed by atoms with van der Waals surface area (Å²) in [7, 11) is 2.48. The van der Waals surface area contributed by atoms with Crippen LogP contribution in [0.4, 0.5) is 0 Å². The average Bonchev–Trinajstić information content (AvgIpc) is 2.45. The number of rotatable bonds is 1. The van der Waals surface area contributed by atoms with Gasteiger partial charge in [0.2, 0.25) is 0 Å². The highest BCUT2D eigenvalue weighted by Gasteiger charge is 2.41. The summed E-state index contributed by atoms with van der Waals surface area (Å²) in [6, 6.07) is 11.2. The molecule has 2 fully saturated rings. The molecule has 0 nitrogen and oxygen atoms in total. The van der Waals surface area contributed by atoms with Crippen LogP contribution in [0.2, 0.25) is 0 Å². The second kappa shape index (κ2) is 4.76. The van der Waals surface area contributed by atoms with Crippen molar-refractivity contribution in [3.63, 3.8) is 0 Å². The van der Waals surface area contributed by atoms with Crippen molar-refractivity contribution in [2.45, 2.75) is 63.1 Å². The van der Waals surface area contributed by atoms with Gasteiger partial charge in [-0.3, -0.25) is 0 Å². The maximum Gasteiger partial charge on any atom is 0.115 e. The molecular formula is C17H25B. The zero-order valence-corrected chi connectivity index (χ0v) is 11.8. The molecule has 0 amide bonds. The highest BCUT2D eigenvalue weighted by atomic mass is 14.4. The molecule has 18 heavy (non-hydrogen) atoms. The molecule has 2 aliphatic carbocycles. The summed E-state index contributed by atoms with van der Waals surface area (Å²) in [6.07, 6.45) is 13.2. The molecular weight excluding hydrogens is 215 g/mol. The minimum absolute atomic E-state index is 0.448. The first kappa shape index (κ1) is 12.3. The second-order valence-corrected chi connectivity index (χ2v) is 6.99. The van der Waals surface area contributed by atoms with Crippen molar-refractivity contribution in [3.05, 3.63) is 35.9 Å². The molecule has 0 aromatic heterocycles. The van der Waals surface area contributed by atoms with E-state index in [0.717, 1.165) is 5.41 Å². The third-order valence-corrected chi connectivity index (χ3v) is 5.80. The van der Waals surface area contributed by atoms with Crippen LogP contribution in [0.25, 0.3) is 0 Å². The molecule has 0 bridgehead atoms. The molecule has 0 atom stereocenters. The van der Waals surface area contributed by atoms with E-state index < -0.39 is 0 Å². The summed E-state index contributed by atoms with van der Waals surface area (Å²) in [5.41, 5.74) is 2.31. The Balaban J connectivity index is 1.72. The van der Waals surface area contributed by atoms with Gasteiger partial charge in [-0.05, 0) is 42.0 Å². The molecule has 0 heterocycles. The maximum absolute atomic E-state index is 2.48. The van der Waals surface area contributed by atoms with Crippen molar-refractivity contribution in [3.8, 4) is 0 Å². The van der Waals surface area contributed by atoms with E-state index in [9.17, 15) is 0 Å². The Morgan fingerprint density at radius 1 is 0.722 bits per heavy atom. The molecule has 1 spiro atoms. The third kappa shape index (κ3) is 2.24. The molecule has 0 N–H and O–H groups in total. The van der Waals surface area contributed by atoms with Crippen LogP contribution in [0.5, 0.6) is 0 Å². The zero-order chi connectivity index (χ0) is 12.5. The molecule has 1 aromatic carbocycles. The predicted octanol–water partition coefficient (Wildman–Crippen LogP) is 4.04. The fourth-order valence-electron chi connectivity index (χ4n) is 4.26. The van der Waals surface area contributed by atoms with Crippen LogP contribution >= 0.6 is 0 Å². The third-order valence-electron chi connectivity index (χ3n) is 5.80. The summed E-state index contributed by atoms with van der Waals surface area (Å²) in [6.45, 7) is 0. The van der Waals surface area contributed by atoms with E-state index in [1.54, 1.807) is 5.56 Å². The van der Waals surface area contributed by atoms with E-state index in [0.29, 0.717) is 5.31 Å². The van der Waals surface area contributed by atoms with Crippen molar-refractivity contribution < 1.29 is 0 Å². The van der Waals surface area contributed by atoms with Crippen LogP contribution in [0.15, 0.2) is 30.3 Å². The standard InChI is InChI=1S/C17H25B/c18-17(15-7-3-1-4-8-15)13-11-16(12-14-17)9-5-2-6-10-16/h1,3-4,7-8H,2,5-6,9-14,18H2. The minimum Gasteiger partial charge on any atom is -0.0622 e. The molecule has 1 heteroatoms. The van der Waals surface area contributed by atoms with Gasteiger partial charge in [0.15, 0.2) is 0 Å². The normalized spacial score (nSPS) is 26.0. The van der Waals surface area contributed by atoms with Gasteiger partial charge in [0.25, 0.3) is 0 Å². The van der Waals surface area contributed by atoms with Crippen LogP contribution in [0.3, 0.4) is 0 Å². The van der Waals surface area contributed by atoms with Gasteiger partial charge in [-0.15, -0.1) is 0 Å². The van der Waals surface area contributed by atoms with Gasteiger partial charge >= 0.3 is 0 Å². The van der Waals surface area contributed by atoms with Crippen LogP contribution in [-0.2, 0) is 5.31 Å². The molecule has 0 saturated heterocycles. The predicted molar refractivity (Wildman–Crippen MR) is 80.7 cm³/mol. The average molecular weight is 240 g/mol. The van der Waals surface area contributed by atoms with E-state index in [2.05, 4.69) is 38.2 Å². The van der Waals surface area contributed by atoms with Crippen molar-refractivity contribution in [1.82, 2.24) is 0 Å². The molecule has 2 aliphatic rings. The molecule has 0 aliphatic heterocycles. The van der Waals surface area contributed by atoms with Crippen LogP contribution in [0, 0.1) is 5.41 Å². The van der Waals surface area contributed by atoms with Gasteiger partial charge < -0.3 is 0 Å². The molecule has 1 aromatic rings. The van der Waals surface area contributed by atoms with Gasteiger partial charge in [0, 0.05) is 0 Å². The largest absolute Gasteiger partial charge is 0.115 e. The Bertz CT molecular complexity index is 379. The number of hydrogen-bond donors (Lipinski definition) is 0. The molecule has 0 unspecified atom stereocenters. The Morgan fingerprint density at radius 3 is 1.94 bits per heavy atom. The molecule has 96 valence electrons. The van der Waals surface area contributed by atoms with E-state index >= 15 is 0 Å². The van der Waals surface area contributed by atoms with Gasteiger partial charge in [0.1, 0.15) is 7.85 Å². The Morgan fingerprint density at radius 2 is 1.33 bits per heavy atom. The van der Waals surface area contributed by atoms with Crippen LogP contribution in [-0.4, -0.2) is 7.85 Å². The first-order valence-electron chi connectivity index (χ1n) is 7.78. The minimum atomic E-state index is 0.448. The van der Waals surface area contributed by atoms with Gasteiger partial charge in [0.05, 0.1) is 0 Å². The number of hydrogen-bond acceptors (Lipinski definition) is 0. The highest BCUT2D eigenvalue weighted by Crippen LogP contribution is 2.52. The smallest absolute Gasteiger partial charge is 0.0622 e. The monoisotopic (exact) mass is 240 g/mol. The first-order chi connectivity index (χ1) is 8.73. The van der Waals surface area contributed by atoms with E-state index in [1.165, 1.54) is 57.8 Å². The Kier molecular flexibility index (Phi) is 3.26. The summed E-state index contributed by atoms with van der Waals surface area (Å²) in [4.78, 5) is 0. The highest BCUT2D eigenvalue weighted by molar-refractivity contribution is 6.16. The van der Waals surface area contributed by atoms with Crippen molar-refractivity contribution in [2.24, 2.45) is 5.41 Å². The van der Waals surface area contributed by atoms with E-state index in [-0.39, 0.29) is 0 Å². The van der Waals surface area contributed by atoms with Crippen molar-refractivity contribution in [1.29, 1.82) is 0 Å². The Hall–Kier alpha value is -0.715. The van der Waals surface area contributed by atoms with Crippen molar-refractivity contribution in [2.75, 3.05) is 0 Å². The van der Waals surface area contributed by atoms with Crippen LogP contribution < -0.4 is 0 Å². The summed E-state index contributed by atoms with van der Waals surface area (Å²) in [5.74, 6) is 0. The quantitative estimate of drug-likeness (QED) is 0.650. The number of benzene rings is 1. The fourth-order valence-corrected chi connectivity index (χ4v) is 4.26. The molecule has 2 saturated carbocycles. The van der Waals surface area contributed by atoms with E-state index in [1.807, 2.05) is 0 Å². The second-order valence-electron chi connectivity index (χ2n) is 6.99. The zero-order valence-electron chi connectivity index (χ0n) is 11.8. The summed E-state index contributed by atoms with van der Waals surface area (Å²) < 4.78 is 0. The van der Waals surface area contributed by atoms with E-state index in [4.69, 9.17) is 0 Å². The lowest BCUT2D eigenvalue weighted by molar-refractivity contribution is 0.105. The topological polar surface area (TPSA) is 0 Å². The maximum atomic E-state index is 2.48. The van der Waals surface area contributed by atoms with Gasteiger partial charge in [-0.2, -0.15) is 0 Å². The van der Waals surface area contributed by atoms with Gasteiger partial charge in [-0.1, -0.05) is 62.4 Å². The lowest BCUT2D eigenvalue weighted by atomic mass is 9.50. The Labute approximate surface area is 113 Å². The fraction of sp³-hybridized carbons (Fsp3) is 0.647. The molecule has 0 radical (unpaired) electrons. The van der Waals surface area contributed by atoms with Crippen molar-refractivity contribution >= 4 is 7.85 Å². The summed E-state index contributed by atoms with van der Waals surface area (Å²) in [5, 5.41) is 0.448. The first-order valence-corrected chi connectivity index (χ1v) is 7.78. The lowest BCUT2D eigenvalue weighted by Gasteiger charge is -2.47. The lowest BCUT2D eigenvalue weighted by Crippen LogP contribution is -2.38. The molecule has 3 rings (SSSR count).